The highest BCUT2D eigenvalue weighted by atomic mass is 16.6. The molecule has 0 saturated heterocycles. The van der Waals surface area contributed by atoms with Crippen molar-refractivity contribution in [2.45, 2.75) is 19.8 Å². The molecule has 2 heterocycles. The number of benzene rings is 1. The number of nitrogens with zero attached hydrogens (tertiary/aromatic N) is 5. The molecule has 0 radical (unpaired) electrons. The first kappa shape index (κ1) is 20.4. The number of ether oxygens (including phenoxy) is 1. The highest BCUT2D eigenvalue weighted by molar-refractivity contribution is 5.94. The largest absolute Gasteiger partial charge is 0.481 e. The van der Waals surface area contributed by atoms with E-state index < -0.39 is 18.5 Å². The van der Waals surface area contributed by atoms with Crippen molar-refractivity contribution in [3.63, 3.8) is 0 Å². The van der Waals surface area contributed by atoms with Crippen LogP contribution in [0.1, 0.15) is 35.1 Å². The first-order chi connectivity index (χ1) is 14.5. The number of anilines is 1. The van der Waals surface area contributed by atoms with E-state index in [1.807, 2.05) is 6.92 Å². The molecule has 2 aromatic heterocycles. The zero-order valence-corrected chi connectivity index (χ0v) is 15.9. The molecule has 3 rings (SSSR count). The van der Waals surface area contributed by atoms with Crippen LogP contribution in [0.2, 0.25) is 0 Å². The summed E-state index contributed by atoms with van der Waals surface area (Å²) in [4.78, 5) is 23.3. The normalized spacial score (nSPS) is 11.0. The molecule has 0 bridgehead atoms. The van der Waals surface area contributed by atoms with Crippen molar-refractivity contribution in [2.24, 2.45) is 5.10 Å². The van der Waals surface area contributed by atoms with Gasteiger partial charge in [0.2, 0.25) is 0 Å². The number of nitrogen functional groups attached to an aromatic ring is 1. The van der Waals surface area contributed by atoms with Gasteiger partial charge in [-0.25, -0.2) is 10.2 Å². The molecule has 0 aliphatic rings. The Morgan fingerprint density at radius 1 is 1.40 bits per heavy atom. The Bertz CT molecular complexity index is 1070. The molecule has 0 fully saturated rings. The van der Waals surface area contributed by atoms with E-state index >= 15 is 0 Å². The third-order valence-corrected chi connectivity index (χ3v) is 3.85. The summed E-state index contributed by atoms with van der Waals surface area (Å²) in [5.41, 5.74) is 9.22. The number of carboxylic acid groups (broad SMARTS) is 1. The van der Waals surface area contributed by atoms with E-state index in [-0.39, 0.29) is 17.3 Å². The van der Waals surface area contributed by atoms with E-state index in [1.165, 1.54) is 10.9 Å². The number of aromatic nitrogens is 5. The maximum Gasteiger partial charge on any atom is 0.376 e. The van der Waals surface area contributed by atoms with E-state index in [4.69, 9.17) is 15.6 Å². The number of amides is 1. The van der Waals surface area contributed by atoms with Gasteiger partial charge < -0.3 is 15.6 Å². The Balaban J connectivity index is 1.77. The molecule has 0 spiro atoms. The summed E-state index contributed by atoms with van der Waals surface area (Å²) in [6.07, 6.45) is 2.57. The Morgan fingerprint density at radius 3 is 2.90 bits per heavy atom. The van der Waals surface area contributed by atoms with E-state index in [9.17, 15) is 9.59 Å². The van der Waals surface area contributed by atoms with Gasteiger partial charge in [-0.2, -0.15) is 9.73 Å². The minimum Gasteiger partial charge on any atom is -0.481 e. The highest BCUT2D eigenvalue weighted by Gasteiger charge is 2.29. The van der Waals surface area contributed by atoms with E-state index in [0.29, 0.717) is 23.4 Å². The third kappa shape index (κ3) is 4.57. The number of nitrogens with two attached hydrogens (primary N) is 1. The quantitative estimate of drug-likeness (QED) is 0.209. The summed E-state index contributed by atoms with van der Waals surface area (Å²) in [6.45, 7) is 1.44. The van der Waals surface area contributed by atoms with Crippen LogP contribution in [0.4, 0.5) is 5.82 Å². The lowest BCUT2D eigenvalue weighted by Gasteiger charge is -2.06. The smallest absolute Gasteiger partial charge is 0.376 e. The number of H-pyrrole nitrogens is 1. The number of rotatable bonds is 9. The van der Waals surface area contributed by atoms with Crippen LogP contribution >= 0.6 is 0 Å². The van der Waals surface area contributed by atoms with Crippen LogP contribution in [0.3, 0.4) is 0 Å². The molecule has 0 aliphatic heterocycles. The van der Waals surface area contributed by atoms with Crippen LogP contribution in [-0.2, 0) is 11.2 Å². The van der Waals surface area contributed by atoms with Crippen LogP contribution < -0.4 is 20.6 Å². The Kier molecular flexibility index (Phi) is 6.32. The van der Waals surface area contributed by atoms with Gasteiger partial charge in [0, 0.05) is 12.0 Å². The molecule has 5 N–H and O–H groups in total. The van der Waals surface area contributed by atoms with Gasteiger partial charge in [0.05, 0.1) is 6.21 Å². The lowest BCUT2D eigenvalue weighted by molar-refractivity contribution is -0.670. The van der Waals surface area contributed by atoms with Gasteiger partial charge in [-0.15, -0.1) is 9.90 Å². The molecule has 0 unspecified atom stereocenters. The number of carbonyl (C=O) groups is 2. The monoisotopic (exact) mass is 415 g/mol. The fraction of sp³-hybridized carbons (Fsp3) is 0.235. The highest BCUT2D eigenvalue weighted by Crippen LogP contribution is 2.15. The summed E-state index contributed by atoms with van der Waals surface area (Å²) >= 11 is 0. The number of nitrogens with one attached hydrogen (secondary N) is 2. The summed E-state index contributed by atoms with van der Waals surface area (Å²) in [7, 11) is 0. The topological polar surface area (TPSA) is 185 Å². The number of hydrogen-bond donors (Lipinski definition) is 4. The number of aliphatic carboxylic acids is 1. The van der Waals surface area contributed by atoms with Crippen LogP contribution in [0.15, 0.2) is 34.0 Å². The van der Waals surface area contributed by atoms with Gasteiger partial charge in [0.15, 0.2) is 12.3 Å². The summed E-state index contributed by atoms with van der Waals surface area (Å²) in [6, 6.07) is 6.68. The molecule has 30 heavy (non-hydrogen) atoms. The molecule has 1 aromatic carbocycles. The van der Waals surface area contributed by atoms with Crippen molar-refractivity contribution in [1.29, 1.82) is 0 Å². The van der Waals surface area contributed by atoms with Crippen molar-refractivity contribution in [3.8, 4) is 11.6 Å². The standard InChI is InChI=1S/C17H18N8O5/c1-2-5-11-14(20-24-25(11)16-15(18)22-30-23-16)17(28)21-19-8-10-6-3-4-7-12(10)29-9-13(26)27/h3-4,6-8H,2,5,9H2,1H3,(H4,18,21,22,26,27,28)/p+1/b19-8+. The van der Waals surface area contributed by atoms with Crippen LogP contribution in [0.5, 0.6) is 5.75 Å². The van der Waals surface area contributed by atoms with Gasteiger partial charge in [0.25, 0.3) is 11.5 Å². The minimum atomic E-state index is -1.10. The van der Waals surface area contributed by atoms with Crippen molar-refractivity contribution < 1.29 is 28.7 Å². The molecule has 13 heteroatoms. The van der Waals surface area contributed by atoms with Gasteiger partial charge in [0.1, 0.15) is 10.9 Å². The van der Waals surface area contributed by atoms with Gasteiger partial charge in [-0.05, 0) is 28.8 Å². The van der Waals surface area contributed by atoms with Gasteiger partial charge in [-0.1, -0.05) is 19.1 Å². The molecular formula is C17H19N8O5+. The van der Waals surface area contributed by atoms with Crippen LogP contribution in [0, 0.1) is 0 Å². The zero-order valence-electron chi connectivity index (χ0n) is 15.9. The molecule has 13 nitrogen and oxygen atoms in total. The SMILES string of the molecule is CCCc1c(C(=O)N/N=C/c2ccccc2OCC(=O)O)n[nH][n+]1-c1nonc1N. The number of carbonyl (C=O) groups excluding carboxylic acids is 1. The second-order valence-electron chi connectivity index (χ2n) is 5.98. The lowest BCUT2D eigenvalue weighted by atomic mass is 10.2. The minimum absolute atomic E-state index is 0.0453. The molecule has 0 saturated carbocycles. The number of aromatic amines is 1. The average Bonchev–Trinajstić information content (AvgIpc) is 3.33. The Morgan fingerprint density at radius 2 is 2.20 bits per heavy atom. The van der Waals surface area contributed by atoms with E-state index in [0.717, 1.165) is 6.42 Å². The number of para-hydroxylation sites is 1. The summed E-state index contributed by atoms with van der Waals surface area (Å²) in [5.74, 6) is -1.12. The predicted octanol–water partition coefficient (Wildman–Crippen LogP) is -0.169. The number of hydrogen-bond acceptors (Lipinski definition) is 9. The molecule has 1 amide bonds. The van der Waals surface area contributed by atoms with Crippen LogP contribution in [-0.4, -0.2) is 50.4 Å². The number of carboxylic acids is 1. The van der Waals surface area contributed by atoms with Crippen molar-refractivity contribution >= 4 is 23.9 Å². The van der Waals surface area contributed by atoms with Gasteiger partial charge >= 0.3 is 17.7 Å². The molecule has 0 atom stereocenters. The van der Waals surface area contributed by atoms with Gasteiger partial charge in [-0.3, -0.25) is 4.79 Å². The van der Waals surface area contributed by atoms with Crippen molar-refractivity contribution in [2.75, 3.05) is 12.3 Å². The molecular weight excluding hydrogens is 396 g/mol. The third-order valence-electron chi connectivity index (χ3n) is 3.85. The molecule has 156 valence electrons. The summed E-state index contributed by atoms with van der Waals surface area (Å²) < 4.78 is 11.2. The maximum absolute atomic E-state index is 12.6. The van der Waals surface area contributed by atoms with Crippen LogP contribution in [0.25, 0.3) is 5.82 Å². The van der Waals surface area contributed by atoms with E-state index in [1.54, 1.807) is 24.3 Å². The first-order valence-corrected chi connectivity index (χ1v) is 8.86. The van der Waals surface area contributed by atoms with Crippen molar-refractivity contribution in [1.82, 2.24) is 26.1 Å². The maximum atomic E-state index is 12.6. The second kappa shape index (κ2) is 9.27. The van der Waals surface area contributed by atoms with E-state index in [2.05, 4.69) is 35.8 Å². The average molecular weight is 415 g/mol. The zero-order chi connectivity index (χ0) is 21.5. The fourth-order valence-corrected chi connectivity index (χ4v) is 2.57. The van der Waals surface area contributed by atoms with Crippen molar-refractivity contribution in [3.05, 3.63) is 41.2 Å². The number of hydrazone groups is 1. The molecule has 0 aliphatic carbocycles. The fourth-order valence-electron chi connectivity index (χ4n) is 2.57. The summed E-state index contributed by atoms with van der Waals surface area (Å²) in [5, 5.41) is 26.6. The Hall–Kier alpha value is -4.29. The Labute approximate surface area is 169 Å². The second-order valence-corrected chi connectivity index (χ2v) is 5.98. The lowest BCUT2D eigenvalue weighted by Crippen LogP contribution is -2.39. The molecule has 3 aromatic rings. The first-order valence-electron chi connectivity index (χ1n) is 8.86. The predicted molar refractivity (Wildman–Crippen MR) is 101 cm³/mol.